The van der Waals surface area contributed by atoms with Gasteiger partial charge in [-0.25, -0.2) is 5.43 Å². The van der Waals surface area contributed by atoms with Crippen LogP contribution in [0.4, 0.5) is 0 Å². The lowest BCUT2D eigenvalue weighted by Gasteiger charge is -2.10. The van der Waals surface area contributed by atoms with Crippen molar-refractivity contribution in [3.05, 3.63) is 70.2 Å². The zero-order chi connectivity index (χ0) is 16.2. The van der Waals surface area contributed by atoms with Crippen molar-refractivity contribution < 1.29 is 4.79 Å². The van der Waals surface area contributed by atoms with Crippen LogP contribution in [0.1, 0.15) is 23.6 Å². The Hall–Kier alpha value is -2.46. The van der Waals surface area contributed by atoms with Crippen LogP contribution in [0.3, 0.4) is 0 Å². The Morgan fingerprint density at radius 3 is 2.74 bits per heavy atom. The zero-order valence-corrected chi connectivity index (χ0v) is 13.5. The van der Waals surface area contributed by atoms with E-state index in [1.807, 2.05) is 48.5 Å². The monoisotopic (exact) mass is 331 g/mol. The van der Waals surface area contributed by atoms with Crippen molar-refractivity contribution in [2.45, 2.75) is 13.3 Å². The summed E-state index contributed by atoms with van der Waals surface area (Å²) in [5.41, 5.74) is 7.35. The summed E-state index contributed by atoms with van der Waals surface area (Å²) in [5.74, 6) is -0.190. The maximum absolute atomic E-state index is 11.1. The molecule has 1 heterocycles. The first-order chi connectivity index (χ1) is 11.1. The first-order valence-corrected chi connectivity index (χ1v) is 7.72. The smallest absolute Gasteiger partial charge is 0.236 e. The molecule has 5 heteroatoms. The van der Waals surface area contributed by atoms with Crippen LogP contribution in [0, 0.1) is 0 Å². The lowest BCUT2D eigenvalue weighted by Crippen LogP contribution is -2.18. The standard InChI is InChI=1S/C18H16ClN3O/c1-12(23)21-22-16-9-14-7-8-15(19)10-17(14)18(20-11-16)13-5-3-2-4-6-13/h2-8,10H,9,11H2,1H3,(H,21,23)/b22-16+/i7+1,8+1,10+1,14+1,15+1,17+1. The number of carbonyl (C=O) groups excluding carboxylic acids is 1. The van der Waals surface area contributed by atoms with E-state index in [1.165, 1.54) is 6.92 Å². The Morgan fingerprint density at radius 2 is 2.00 bits per heavy atom. The van der Waals surface area contributed by atoms with E-state index in [0.717, 1.165) is 28.1 Å². The molecular formula is C18H16ClN3O. The van der Waals surface area contributed by atoms with Gasteiger partial charge in [-0.2, -0.15) is 5.10 Å². The lowest BCUT2D eigenvalue weighted by atomic mass is 10.2. The van der Waals surface area contributed by atoms with Crippen molar-refractivity contribution in [1.82, 2.24) is 5.43 Å². The number of amides is 1. The largest absolute Gasteiger partial charge is 0.278 e. The molecular weight excluding hydrogens is 316 g/mol. The number of nitrogens with one attached hydrogen (secondary N) is 1. The molecule has 0 saturated heterocycles. The highest BCUT2D eigenvalue weighted by molar-refractivity contribution is 6.31. The van der Waals surface area contributed by atoms with E-state index in [0.29, 0.717) is 18.0 Å². The normalized spacial score (nSPS) is 15.6. The SMILES string of the molecule is CC(=O)N/N=C1/CN=C(c2ccccc2)[13c]2[13cH][13c](Cl)[13cH][13cH][13c]2C1. The van der Waals surface area contributed by atoms with Gasteiger partial charge in [-0.3, -0.25) is 9.79 Å². The number of hydrogen-bond acceptors (Lipinski definition) is 3. The molecule has 0 unspecified atom stereocenters. The first-order valence-electron chi connectivity index (χ1n) is 7.34. The van der Waals surface area contributed by atoms with Crippen molar-refractivity contribution in [3.63, 3.8) is 0 Å². The Kier molecular flexibility index (Phi) is 4.53. The Balaban J connectivity index is 2.07. The maximum Gasteiger partial charge on any atom is 0.236 e. The highest BCUT2D eigenvalue weighted by Crippen LogP contribution is 2.23. The van der Waals surface area contributed by atoms with Crippen LogP contribution >= 0.6 is 11.6 Å². The molecule has 0 aromatic heterocycles. The summed E-state index contributed by atoms with van der Waals surface area (Å²) in [7, 11) is 0. The fraction of sp³-hybridized carbons (Fsp3) is 0.167. The number of fused-ring (bicyclic) bond motifs is 1. The number of hydrazone groups is 1. The van der Waals surface area contributed by atoms with Gasteiger partial charge in [-0.15, -0.1) is 0 Å². The molecule has 1 N–H and O–H groups in total. The fourth-order valence-corrected chi connectivity index (χ4v) is 2.70. The summed E-state index contributed by atoms with van der Waals surface area (Å²) in [6, 6.07) is 15.8. The number of rotatable bonds is 2. The molecule has 0 fully saturated rings. The van der Waals surface area contributed by atoms with Crippen LogP contribution in [-0.2, 0) is 11.2 Å². The second-order valence-corrected chi connectivity index (χ2v) is 5.79. The molecule has 0 saturated carbocycles. The van der Waals surface area contributed by atoms with E-state index in [9.17, 15) is 4.79 Å². The zero-order valence-electron chi connectivity index (χ0n) is 12.7. The summed E-state index contributed by atoms with van der Waals surface area (Å²) in [6.45, 7) is 1.88. The number of benzene rings is 2. The predicted molar refractivity (Wildman–Crippen MR) is 93.4 cm³/mol. The van der Waals surface area contributed by atoms with Crippen molar-refractivity contribution >= 4 is 28.9 Å². The van der Waals surface area contributed by atoms with E-state index in [1.54, 1.807) is 0 Å². The molecule has 0 radical (unpaired) electrons. The molecule has 2 aromatic rings. The van der Waals surface area contributed by atoms with Gasteiger partial charge in [0.1, 0.15) is 0 Å². The minimum absolute atomic E-state index is 0.190. The fourth-order valence-electron chi connectivity index (χ4n) is 2.53. The Labute approximate surface area is 139 Å². The van der Waals surface area contributed by atoms with E-state index in [4.69, 9.17) is 16.6 Å². The quantitative estimate of drug-likeness (QED) is 0.844. The second kappa shape index (κ2) is 6.75. The molecule has 4 nitrogen and oxygen atoms in total. The summed E-state index contributed by atoms with van der Waals surface area (Å²) in [6.07, 6.45) is 0.632. The van der Waals surface area contributed by atoms with Crippen LogP contribution in [0.25, 0.3) is 0 Å². The highest BCUT2D eigenvalue weighted by Gasteiger charge is 2.18. The van der Waals surface area contributed by atoms with Gasteiger partial charge >= 0.3 is 0 Å². The van der Waals surface area contributed by atoms with Crippen LogP contribution in [0.5, 0.6) is 0 Å². The first kappa shape index (κ1) is 15.4. The number of carbonyl (C=O) groups is 1. The third kappa shape index (κ3) is 3.66. The van der Waals surface area contributed by atoms with Crippen LogP contribution in [0.15, 0.2) is 58.6 Å². The molecule has 1 aliphatic rings. The summed E-state index contributed by atoms with van der Waals surface area (Å²) in [4.78, 5) is 15.8. The van der Waals surface area contributed by atoms with Crippen molar-refractivity contribution in [3.8, 4) is 0 Å². The third-order valence-corrected chi connectivity index (χ3v) is 3.80. The van der Waals surface area contributed by atoms with Crippen LogP contribution in [0.2, 0.25) is 5.02 Å². The van der Waals surface area contributed by atoms with E-state index >= 15 is 0 Å². The molecule has 23 heavy (non-hydrogen) atoms. The van der Waals surface area contributed by atoms with Gasteiger partial charge in [0, 0.05) is 29.5 Å². The van der Waals surface area contributed by atoms with Crippen molar-refractivity contribution in [2.75, 3.05) is 6.54 Å². The number of hydrogen-bond donors (Lipinski definition) is 1. The topological polar surface area (TPSA) is 53.8 Å². The molecule has 3 rings (SSSR count). The lowest BCUT2D eigenvalue weighted by molar-refractivity contribution is -0.118. The van der Waals surface area contributed by atoms with Gasteiger partial charge in [0.2, 0.25) is 5.91 Å². The summed E-state index contributed by atoms with van der Waals surface area (Å²) >= 11 is 6.18. The molecule has 1 aliphatic heterocycles. The van der Waals surface area contributed by atoms with Crippen molar-refractivity contribution in [1.29, 1.82) is 0 Å². The third-order valence-electron chi connectivity index (χ3n) is 3.56. The van der Waals surface area contributed by atoms with Gasteiger partial charge < -0.3 is 0 Å². The van der Waals surface area contributed by atoms with Gasteiger partial charge in [0.05, 0.1) is 18.0 Å². The van der Waals surface area contributed by atoms with E-state index < -0.39 is 0 Å². The molecule has 1 amide bonds. The molecule has 0 spiro atoms. The van der Waals surface area contributed by atoms with Gasteiger partial charge in [-0.05, 0) is 17.7 Å². The molecule has 116 valence electrons. The van der Waals surface area contributed by atoms with Gasteiger partial charge in [0.25, 0.3) is 0 Å². The number of halogens is 1. The number of nitrogens with zero attached hydrogens (tertiary/aromatic N) is 2. The number of aliphatic imine (C=N–C) groups is 1. The molecule has 2 aromatic carbocycles. The Morgan fingerprint density at radius 1 is 1.22 bits per heavy atom. The molecule has 0 aliphatic carbocycles. The van der Waals surface area contributed by atoms with E-state index in [-0.39, 0.29) is 5.91 Å². The average Bonchev–Trinajstić information content (AvgIpc) is 2.73. The molecule has 0 atom stereocenters. The van der Waals surface area contributed by atoms with Gasteiger partial charge in [-0.1, -0.05) is 48.0 Å². The van der Waals surface area contributed by atoms with Gasteiger partial charge in [0.15, 0.2) is 0 Å². The second-order valence-electron chi connectivity index (χ2n) is 5.36. The minimum atomic E-state index is -0.190. The average molecular weight is 332 g/mol. The Bertz CT molecular complexity index is 797. The maximum atomic E-state index is 11.1. The highest BCUT2D eigenvalue weighted by atomic mass is 35.5. The van der Waals surface area contributed by atoms with Crippen LogP contribution in [-0.4, -0.2) is 23.9 Å². The minimum Gasteiger partial charge on any atom is -0.278 e. The predicted octanol–water partition coefficient (Wildman–Crippen LogP) is 3.23. The summed E-state index contributed by atoms with van der Waals surface area (Å²) < 4.78 is 0. The summed E-state index contributed by atoms with van der Waals surface area (Å²) in [5, 5.41) is 4.84. The van der Waals surface area contributed by atoms with Crippen molar-refractivity contribution in [2.24, 2.45) is 10.1 Å². The molecule has 0 bridgehead atoms. The van der Waals surface area contributed by atoms with E-state index in [2.05, 4.69) is 10.5 Å². The van der Waals surface area contributed by atoms with Crippen LogP contribution < -0.4 is 5.43 Å².